The van der Waals surface area contributed by atoms with Crippen molar-refractivity contribution in [2.24, 2.45) is 0 Å². The predicted molar refractivity (Wildman–Crippen MR) is 156 cm³/mol. The van der Waals surface area contributed by atoms with E-state index in [1.54, 1.807) is 11.0 Å². The molecule has 2 aliphatic heterocycles. The first-order valence-corrected chi connectivity index (χ1v) is 14.3. The minimum absolute atomic E-state index is 0.00200. The molecule has 0 radical (unpaired) electrons. The summed E-state index contributed by atoms with van der Waals surface area (Å²) in [5.74, 6) is 0.161. The number of fused-ring (bicyclic) bond motifs is 2. The lowest BCUT2D eigenvalue weighted by molar-refractivity contribution is 0.0353. The van der Waals surface area contributed by atoms with Crippen LogP contribution in [0.5, 0.6) is 11.5 Å². The van der Waals surface area contributed by atoms with Gasteiger partial charge in [0.1, 0.15) is 18.0 Å². The molecule has 0 N–H and O–H groups in total. The lowest BCUT2D eigenvalue weighted by Crippen LogP contribution is -2.38. The summed E-state index contributed by atoms with van der Waals surface area (Å²) in [6.07, 6.45) is 0.704. The summed E-state index contributed by atoms with van der Waals surface area (Å²) in [7, 11) is 0. The van der Waals surface area contributed by atoms with Crippen molar-refractivity contribution >= 4 is 16.9 Å². The van der Waals surface area contributed by atoms with Crippen LogP contribution >= 0.6 is 0 Å². The highest BCUT2D eigenvalue weighted by Gasteiger charge is 2.42. The van der Waals surface area contributed by atoms with Crippen molar-refractivity contribution in [2.45, 2.75) is 26.0 Å². The summed E-state index contributed by atoms with van der Waals surface area (Å²) in [6.45, 7) is 6.92. The normalized spacial score (nSPS) is 17.0. The number of benzene rings is 3. The number of nitrogens with zero attached hydrogens (tertiary/aromatic N) is 2. The summed E-state index contributed by atoms with van der Waals surface area (Å²) in [6, 6.07) is 18.3. The third-order valence-corrected chi connectivity index (χ3v) is 7.73. The Balaban J connectivity index is 1.37. The Hall–Kier alpha value is -4.21. The van der Waals surface area contributed by atoms with E-state index in [2.05, 4.69) is 4.90 Å². The molecule has 42 heavy (non-hydrogen) atoms. The number of morpholine rings is 1. The Bertz CT molecular complexity index is 1630. The second-order valence-electron chi connectivity index (χ2n) is 10.4. The zero-order valence-corrected chi connectivity index (χ0v) is 23.5. The van der Waals surface area contributed by atoms with Gasteiger partial charge in [0.2, 0.25) is 5.76 Å². The fourth-order valence-electron chi connectivity index (χ4n) is 5.68. The maximum Gasteiger partial charge on any atom is 0.290 e. The van der Waals surface area contributed by atoms with E-state index < -0.39 is 17.3 Å². The van der Waals surface area contributed by atoms with Crippen LogP contribution < -0.4 is 14.9 Å². The van der Waals surface area contributed by atoms with Crippen LogP contribution in [0.3, 0.4) is 0 Å². The van der Waals surface area contributed by atoms with E-state index in [1.807, 2.05) is 49.4 Å². The third kappa shape index (κ3) is 5.62. The molecule has 9 heteroatoms. The quantitative estimate of drug-likeness (QED) is 0.259. The minimum atomic E-state index is -0.719. The Labute approximate surface area is 243 Å². The molecule has 1 amide bonds. The molecule has 0 saturated carbocycles. The van der Waals surface area contributed by atoms with Crippen LogP contribution in [-0.4, -0.2) is 61.7 Å². The van der Waals surface area contributed by atoms with Crippen molar-refractivity contribution in [3.8, 4) is 11.5 Å². The van der Waals surface area contributed by atoms with Gasteiger partial charge in [-0.05, 0) is 54.8 Å². The van der Waals surface area contributed by atoms with Gasteiger partial charge in [-0.2, -0.15) is 0 Å². The van der Waals surface area contributed by atoms with Crippen LogP contribution in [0.2, 0.25) is 0 Å². The molecule has 0 aliphatic carbocycles. The SMILES string of the molecule is CCOc1cc(C2c3c(oc4ccc(F)cc4c3=O)C(=O)N2CCCN2CCOCC2)ccc1OCc1ccccc1. The van der Waals surface area contributed by atoms with E-state index in [9.17, 15) is 14.0 Å². The Kier molecular flexibility index (Phi) is 8.21. The number of ether oxygens (including phenoxy) is 3. The van der Waals surface area contributed by atoms with Crippen LogP contribution in [0.4, 0.5) is 4.39 Å². The van der Waals surface area contributed by atoms with Crippen LogP contribution in [0.1, 0.15) is 46.6 Å². The van der Waals surface area contributed by atoms with Gasteiger partial charge in [-0.3, -0.25) is 14.5 Å². The van der Waals surface area contributed by atoms with Gasteiger partial charge in [-0.15, -0.1) is 0 Å². The fourth-order valence-corrected chi connectivity index (χ4v) is 5.68. The molecule has 1 saturated heterocycles. The van der Waals surface area contributed by atoms with Crippen molar-refractivity contribution in [1.29, 1.82) is 0 Å². The first kappa shape index (κ1) is 27.9. The fraction of sp³-hybridized carbons (Fsp3) is 0.333. The Morgan fingerprint density at radius 2 is 1.74 bits per heavy atom. The standard InChI is InChI=1S/C33H33FN2O6/c1-2-40-28-19-23(9-11-27(28)41-21-22-7-4-3-5-8-22)30-29-31(37)25-20-24(34)10-12-26(25)42-32(29)33(38)36(30)14-6-13-35-15-17-39-18-16-35/h3-5,7-12,19-20,30H,2,6,13-18,21H2,1H3. The number of hydrogen-bond donors (Lipinski definition) is 0. The first-order valence-electron chi connectivity index (χ1n) is 14.3. The largest absolute Gasteiger partial charge is 0.490 e. The van der Waals surface area contributed by atoms with E-state index in [-0.39, 0.29) is 28.2 Å². The number of carbonyl (C=O) groups is 1. The minimum Gasteiger partial charge on any atom is -0.490 e. The molecule has 0 spiro atoms. The molecule has 4 aromatic rings. The smallest absolute Gasteiger partial charge is 0.290 e. The average molecular weight is 573 g/mol. The lowest BCUT2D eigenvalue weighted by atomic mass is 9.98. The van der Waals surface area contributed by atoms with Gasteiger partial charge in [0, 0.05) is 26.2 Å². The molecule has 0 bridgehead atoms. The molecule has 1 aromatic heterocycles. The zero-order valence-electron chi connectivity index (χ0n) is 23.5. The van der Waals surface area contributed by atoms with E-state index in [0.717, 1.165) is 31.3 Å². The van der Waals surface area contributed by atoms with Gasteiger partial charge >= 0.3 is 0 Å². The highest BCUT2D eigenvalue weighted by atomic mass is 19.1. The van der Waals surface area contributed by atoms with Crippen molar-refractivity contribution in [3.05, 3.63) is 105 Å². The van der Waals surface area contributed by atoms with Gasteiger partial charge in [0.15, 0.2) is 16.9 Å². The molecular formula is C33H33FN2O6. The van der Waals surface area contributed by atoms with Crippen molar-refractivity contribution in [2.75, 3.05) is 46.0 Å². The Morgan fingerprint density at radius 1 is 0.929 bits per heavy atom. The summed E-state index contributed by atoms with van der Waals surface area (Å²) < 4.78 is 37.6. The Morgan fingerprint density at radius 3 is 2.52 bits per heavy atom. The predicted octanol–water partition coefficient (Wildman–Crippen LogP) is 5.18. The van der Waals surface area contributed by atoms with E-state index in [1.165, 1.54) is 12.1 Å². The monoisotopic (exact) mass is 572 g/mol. The van der Waals surface area contributed by atoms with Crippen molar-refractivity contribution < 1.29 is 27.8 Å². The second kappa shape index (κ2) is 12.3. The molecule has 8 nitrogen and oxygen atoms in total. The van der Waals surface area contributed by atoms with Crippen molar-refractivity contribution in [1.82, 2.24) is 9.80 Å². The summed E-state index contributed by atoms with van der Waals surface area (Å²) >= 11 is 0. The molecular weight excluding hydrogens is 539 g/mol. The van der Waals surface area contributed by atoms with Crippen LogP contribution in [0.15, 0.2) is 75.9 Å². The highest BCUT2D eigenvalue weighted by Crippen LogP contribution is 2.41. The van der Waals surface area contributed by atoms with E-state index in [4.69, 9.17) is 18.6 Å². The maximum absolute atomic E-state index is 14.2. The van der Waals surface area contributed by atoms with Gasteiger partial charge in [-0.1, -0.05) is 36.4 Å². The molecule has 3 aromatic carbocycles. The number of rotatable bonds is 10. The molecule has 6 rings (SSSR count). The molecule has 2 aliphatic rings. The van der Waals surface area contributed by atoms with E-state index >= 15 is 0 Å². The molecule has 1 fully saturated rings. The van der Waals surface area contributed by atoms with Crippen LogP contribution in [0, 0.1) is 5.82 Å². The summed E-state index contributed by atoms with van der Waals surface area (Å²) in [5, 5.41) is 0.106. The first-order chi connectivity index (χ1) is 20.5. The average Bonchev–Trinajstić information content (AvgIpc) is 3.29. The number of amides is 1. The number of halogens is 1. The van der Waals surface area contributed by atoms with Crippen molar-refractivity contribution in [3.63, 3.8) is 0 Å². The lowest BCUT2D eigenvalue weighted by Gasteiger charge is -2.29. The third-order valence-electron chi connectivity index (χ3n) is 7.73. The van der Waals surface area contributed by atoms with Gasteiger partial charge in [0.25, 0.3) is 5.91 Å². The van der Waals surface area contributed by atoms with Gasteiger partial charge in [-0.25, -0.2) is 4.39 Å². The summed E-state index contributed by atoms with van der Waals surface area (Å²) in [4.78, 5) is 31.6. The molecule has 1 atom stereocenters. The van der Waals surface area contributed by atoms with Gasteiger partial charge in [0.05, 0.1) is 36.8 Å². The second-order valence-corrected chi connectivity index (χ2v) is 10.4. The van der Waals surface area contributed by atoms with Gasteiger partial charge < -0.3 is 23.5 Å². The molecule has 1 unspecified atom stereocenters. The maximum atomic E-state index is 14.2. The highest BCUT2D eigenvalue weighted by molar-refractivity contribution is 5.99. The topological polar surface area (TPSA) is 81.5 Å². The van der Waals surface area contributed by atoms with E-state index in [0.29, 0.717) is 56.5 Å². The number of carbonyl (C=O) groups excluding carboxylic acids is 1. The molecule has 218 valence electrons. The van der Waals surface area contributed by atoms with Crippen LogP contribution in [-0.2, 0) is 11.3 Å². The molecule has 3 heterocycles. The number of hydrogen-bond acceptors (Lipinski definition) is 7. The van der Waals surface area contributed by atoms with Crippen LogP contribution in [0.25, 0.3) is 11.0 Å². The summed E-state index contributed by atoms with van der Waals surface area (Å²) in [5.41, 5.74) is 1.68. The zero-order chi connectivity index (χ0) is 29.1.